The Morgan fingerprint density at radius 3 is 2.53 bits per heavy atom. The first-order valence-electron chi connectivity index (χ1n) is 9.73. The molecule has 0 spiro atoms. The second kappa shape index (κ2) is 8.67. The van der Waals surface area contributed by atoms with Gasteiger partial charge in [-0.1, -0.05) is 42.1 Å². The van der Waals surface area contributed by atoms with Gasteiger partial charge in [-0.15, -0.1) is 10.2 Å². The van der Waals surface area contributed by atoms with Gasteiger partial charge in [-0.3, -0.25) is 9.36 Å². The van der Waals surface area contributed by atoms with E-state index in [2.05, 4.69) is 21.6 Å². The van der Waals surface area contributed by atoms with Crippen LogP contribution in [0.4, 0.5) is 4.39 Å². The predicted octanol–water partition coefficient (Wildman–Crippen LogP) is 4.12. The van der Waals surface area contributed by atoms with Crippen molar-refractivity contribution in [3.63, 3.8) is 0 Å². The molecular formula is C22H20FN5OS. The first-order chi connectivity index (χ1) is 14.6. The zero-order valence-electron chi connectivity index (χ0n) is 16.2. The van der Waals surface area contributed by atoms with Crippen LogP contribution in [0.15, 0.2) is 59.8 Å². The number of carbonyl (C=O) groups excluding carboxylic acids is 1. The molecule has 30 heavy (non-hydrogen) atoms. The summed E-state index contributed by atoms with van der Waals surface area (Å²) in [7, 11) is 0. The molecule has 0 unspecified atom stereocenters. The number of nitrogens with one attached hydrogen (secondary N) is 1. The summed E-state index contributed by atoms with van der Waals surface area (Å²) < 4.78 is 16.2. The van der Waals surface area contributed by atoms with Crippen LogP contribution in [-0.2, 0) is 4.79 Å². The fourth-order valence-electron chi connectivity index (χ4n) is 3.67. The molecular weight excluding hydrogens is 401 g/mol. The van der Waals surface area contributed by atoms with Crippen molar-refractivity contribution in [3.8, 4) is 23.1 Å². The van der Waals surface area contributed by atoms with Crippen molar-refractivity contribution in [2.45, 2.75) is 36.4 Å². The maximum Gasteiger partial charge on any atom is 0.231 e. The minimum atomic E-state index is -0.761. The highest BCUT2D eigenvalue weighted by atomic mass is 32.2. The van der Waals surface area contributed by atoms with E-state index < -0.39 is 11.4 Å². The summed E-state index contributed by atoms with van der Waals surface area (Å²) in [6.07, 6.45) is 3.24. The molecule has 0 saturated heterocycles. The van der Waals surface area contributed by atoms with Gasteiger partial charge in [-0.25, -0.2) is 4.39 Å². The molecule has 1 N–H and O–H groups in total. The third-order valence-corrected chi connectivity index (χ3v) is 6.07. The van der Waals surface area contributed by atoms with Gasteiger partial charge in [0.2, 0.25) is 5.91 Å². The van der Waals surface area contributed by atoms with E-state index in [1.807, 2.05) is 30.3 Å². The average molecular weight is 422 g/mol. The molecule has 8 heteroatoms. The van der Waals surface area contributed by atoms with Crippen LogP contribution < -0.4 is 5.32 Å². The van der Waals surface area contributed by atoms with Gasteiger partial charge in [0.15, 0.2) is 11.0 Å². The molecule has 0 atom stereocenters. The summed E-state index contributed by atoms with van der Waals surface area (Å²) in [5.74, 6) is -0.162. The van der Waals surface area contributed by atoms with Crippen LogP contribution in [0.3, 0.4) is 0 Å². The second-order valence-electron chi connectivity index (χ2n) is 7.19. The Kier molecular flexibility index (Phi) is 5.81. The Bertz CT molecular complexity index is 1090. The standard InChI is InChI=1S/C22H20FN5OS/c23-18-11-5-4-10-17(18)20-26-27-21(28(20)16-8-2-1-3-9-16)30-14-19(29)25-22(15-24)12-6-7-13-22/h1-5,8-11H,6-7,12-14H2,(H,25,29). The van der Waals surface area contributed by atoms with E-state index >= 15 is 0 Å². The predicted molar refractivity (Wildman–Crippen MR) is 112 cm³/mol. The molecule has 1 aromatic heterocycles. The lowest BCUT2D eigenvalue weighted by molar-refractivity contribution is -0.119. The quantitative estimate of drug-likeness (QED) is 0.606. The van der Waals surface area contributed by atoms with Crippen LogP contribution >= 0.6 is 11.8 Å². The van der Waals surface area contributed by atoms with Crippen LogP contribution in [0.5, 0.6) is 0 Å². The van der Waals surface area contributed by atoms with Crippen molar-refractivity contribution in [2.75, 3.05) is 5.75 Å². The molecule has 1 saturated carbocycles. The number of hydrogen-bond acceptors (Lipinski definition) is 5. The Morgan fingerprint density at radius 1 is 1.13 bits per heavy atom. The van der Waals surface area contributed by atoms with E-state index in [1.54, 1.807) is 22.8 Å². The number of para-hydroxylation sites is 1. The fourth-order valence-corrected chi connectivity index (χ4v) is 4.42. The molecule has 0 bridgehead atoms. The molecule has 1 aliphatic carbocycles. The molecule has 0 aliphatic heterocycles. The van der Waals surface area contributed by atoms with Gasteiger partial charge in [0.25, 0.3) is 0 Å². The van der Waals surface area contributed by atoms with Crippen molar-refractivity contribution in [1.82, 2.24) is 20.1 Å². The van der Waals surface area contributed by atoms with Gasteiger partial charge in [-0.05, 0) is 49.9 Å². The molecule has 1 heterocycles. The maximum atomic E-state index is 14.4. The first-order valence-corrected chi connectivity index (χ1v) is 10.7. The van der Waals surface area contributed by atoms with E-state index in [4.69, 9.17) is 0 Å². The lowest BCUT2D eigenvalue weighted by atomic mass is 10.0. The number of hydrogen-bond donors (Lipinski definition) is 1. The van der Waals surface area contributed by atoms with Gasteiger partial charge in [0.1, 0.15) is 11.4 Å². The summed E-state index contributed by atoms with van der Waals surface area (Å²) in [5.41, 5.74) is 0.343. The van der Waals surface area contributed by atoms with Crippen molar-refractivity contribution in [2.24, 2.45) is 0 Å². The third-order valence-electron chi connectivity index (χ3n) is 5.14. The monoisotopic (exact) mass is 421 g/mol. The van der Waals surface area contributed by atoms with Gasteiger partial charge in [0, 0.05) is 5.69 Å². The molecule has 1 fully saturated rings. The molecule has 1 amide bonds. The highest BCUT2D eigenvalue weighted by Gasteiger charge is 2.35. The van der Waals surface area contributed by atoms with Gasteiger partial charge >= 0.3 is 0 Å². The summed E-state index contributed by atoms with van der Waals surface area (Å²) in [6, 6.07) is 18.0. The van der Waals surface area contributed by atoms with E-state index in [1.165, 1.54) is 17.8 Å². The molecule has 152 valence electrons. The number of amides is 1. The first kappa shape index (κ1) is 20.1. The topological polar surface area (TPSA) is 83.6 Å². The number of benzene rings is 2. The van der Waals surface area contributed by atoms with Crippen molar-refractivity contribution in [3.05, 3.63) is 60.4 Å². The molecule has 0 radical (unpaired) electrons. The number of halogens is 1. The smallest absolute Gasteiger partial charge is 0.231 e. The molecule has 6 nitrogen and oxygen atoms in total. The lowest BCUT2D eigenvalue weighted by Crippen LogP contribution is -2.45. The highest BCUT2D eigenvalue weighted by Crippen LogP contribution is 2.31. The zero-order chi connectivity index (χ0) is 21.0. The van der Waals surface area contributed by atoms with Crippen LogP contribution in [0.1, 0.15) is 25.7 Å². The third kappa shape index (κ3) is 4.07. The zero-order valence-corrected chi connectivity index (χ0v) is 17.0. The normalized spacial score (nSPS) is 14.9. The Morgan fingerprint density at radius 2 is 1.83 bits per heavy atom. The van der Waals surface area contributed by atoms with Crippen LogP contribution in [-0.4, -0.2) is 32.0 Å². The van der Waals surface area contributed by atoms with E-state index in [0.29, 0.717) is 29.4 Å². The lowest BCUT2D eigenvalue weighted by Gasteiger charge is -2.21. The van der Waals surface area contributed by atoms with Crippen molar-refractivity contribution < 1.29 is 9.18 Å². The summed E-state index contributed by atoms with van der Waals surface area (Å²) in [4.78, 5) is 12.5. The number of thioether (sulfide) groups is 1. The summed E-state index contributed by atoms with van der Waals surface area (Å²) >= 11 is 1.21. The second-order valence-corrected chi connectivity index (χ2v) is 8.14. The Hall–Kier alpha value is -3.18. The molecule has 3 aromatic rings. The number of aromatic nitrogens is 3. The number of nitrogens with zero attached hydrogens (tertiary/aromatic N) is 4. The maximum absolute atomic E-state index is 14.4. The number of carbonyl (C=O) groups is 1. The van der Waals surface area contributed by atoms with E-state index in [-0.39, 0.29) is 11.7 Å². The van der Waals surface area contributed by atoms with Crippen LogP contribution in [0.25, 0.3) is 17.1 Å². The largest absolute Gasteiger partial charge is 0.337 e. The molecule has 2 aromatic carbocycles. The minimum Gasteiger partial charge on any atom is -0.337 e. The molecule has 1 aliphatic rings. The summed E-state index contributed by atoms with van der Waals surface area (Å²) in [6.45, 7) is 0. The van der Waals surface area contributed by atoms with Gasteiger partial charge < -0.3 is 5.32 Å². The van der Waals surface area contributed by atoms with Crippen molar-refractivity contribution in [1.29, 1.82) is 5.26 Å². The van der Waals surface area contributed by atoms with Gasteiger partial charge in [-0.2, -0.15) is 5.26 Å². The van der Waals surface area contributed by atoms with Crippen LogP contribution in [0.2, 0.25) is 0 Å². The van der Waals surface area contributed by atoms with Gasteiger partial charge in [0.05, 0.1) is 17.4 Å². The van der Waals surface area contributed by atoms with Crippen molar-refractivity contribution >= 4 is 17.7 Å². The van der Waals surface area contributed by atoms with Crippen LogP contribution in [0, 0.1) is 17.1 Å². The SMILES string of the molecule is N#CC1(NC(=O)CSc2nnc(-c3ccccc3F)n2-c2ccccc2)CCCC1. The summed E-state index contributed by atoms with van der Waals surface area (Å²) in [5, 5.41) is 21.2. The number of rotatable bonds is 6. The fraction of sp³-hybridized carbons (Fsp3) is 0.273. The van der Waals surface area contributed by atoms with E-state index in [9.17, 15) is 14.4 Å². The van der Waals surface area contributed by atoms with E-state index in [0.717, 1.165) is 18.5 Å². The Balaban J connectivity index is 1.60. The minimum absolute atomic E-state index is 0.0890. The Labute approximate surface area is 178 Å². The average Bonchev–Trinajstić information content (AvgIpc) is 3.41. The highest BCUT2D eigenvalue weighted by molar-refractivity contribution is 7.99. The molecule has 4 rings (SSSR count). The number of nitriles is 1.